The largest absolute Gasteiger partial charge is 0.474 e. The molecule has 8 nitrogen and oxygen atoms in total. The highest BCUT2D eigenvalue weighted by Crippen LogP contribution is 2.35. The second-order valence-electron chi connectivity index (χ2n) is 7.87. The third kappa shape index (κ3) is 3.86. The van der Waals surface area contributed by atoms with Crippen LogP contribution in [0.4, 0.5) is 4.39 Å². The van der Waals surface area contributed by atoms with Crippen LogP contribution in [0.15, 0.2) is 65.7 Å². The SMILES string of the molecule is C=C(/C=C\C(F)=C/C)[C@H]1COC(c2ncn3c2Cn2c(COC)nnc2-c2cc(Cl)ccc2-3)=N1. The van der Waals surface area contributed by atoms with Crippen LogP contribution in [-0.4, -0.2) is 50.0 Å². The Morgan fingerprint density at radius 1 is 1.35 bits per heavy atom. The minimum Gasteiger partial charge on any atom is -0.474 e. The van der Waals surface area contributed by atoms with Crippen LogP contribution in [0.5, 0.6) is 0 Å². The van der Waals surface area contributed by atoms with Crippen molar-refractivity contribution in [2.24, 2.45) is 4.99 Å². The highest BCUT2D eigenvalue weighted by molar-refractivity contribution is 6.31. The molecule has 4 heterocycles. The van der Waals surface area contributed by atoms with Crippen molar-refractivity contribution in [1.29, 1.82) is 0 Å². The first-order valence-electron chi connectivity index (χ1n) is 10.7. The average Bonchev–Trinajstić information content (AvgIpc) is 3.55. The molecule has 34 heavy (non-hydrogen) atoms. The first kappa shape index (κ1) is 22.2. The Labute approximate surface area is 200 Å². The molecule has 1 aromatic carbocycles. The van der Waals surface area contributed by atoms with E-state index in [1.54, 1.807) is 26.4 Å². The molecule has 3 aromatic rings. The number of methoxy groups -OCH3 is 1. The minimum atomic E-state index is -0.334. The number of hydrogen-bond donors (Lipinski definition) is 0. The van der Waals surface area contributed by atoms with Crippen molar-refractivity contribution < 1.29 is 13.9 Å². The number of benzene rings is 1. The summed E-state index contributed by atoms with van der Waals surface area (Å²) in [5.41, 5.74) is 3.84. The van der Waals surface area contributed by atoms with Crippen molar-refractivity contribution in [2.75, 3.05) is 13.7 Å². The maximum absolute atomic E-state index is 13.5. The Bertz CT molecular complexity index is 1370. The summed E-state index contributed by atoms with van der Waals surface area (Å²) in [5.74, 6) is 1.45. The van der Waals surface area contributed by atoms with Crippen molar-refractivity contribution in [3.05, 3.63) is 83.0 Å². The van der Waals surface area contributed by atoms with Crippen molar-refractivity contribution in [2.45, 2.75) is 26.1 Å². The van der Waals surface area contributed by atoms with Gasteiger partial charge in [0.2, 0.25) is 5.90 Å². The number of rotatable bonds is 6. The van der Waals surface area contributed by atoms with Gasteiger partial charge in [-0.2, -0.15) is 0 Å². The zero-order valence-corrected chi connectivity index (χ0v) is 19.5. The molecule has 0 saturated heterocycles. The van der Waals surface area contributed by atoms with E-state index >= 15 is 0 Å². The zero-order chi connectivity index (χ0) is 23.8. The molecule has 5 rings (SSSR count). The van der Waals surface area contributed by atoms with E-state index in [0.717, 1.165) is 16.9 Å². The number of halogens is 2. The Morgan fingerprint density at radius 2 is 2.21 bits per heavy atom. The zero-order valence-electron chi connectivity index (χ0n) is 18.7. The molecule has 0 radical (unpaired) electrons. The first-order valence-corrected chi connectivity index (χ1v) is 11.0. The number of aromatic nitrogens is 5. The molecule has 2 aliphatic rings. The second-order valence-corrected chi connectivity index (χ2v) is 8.31. The number of allylic oxidation sites excluding steroid dienone is 3. The molecule has 2 aromatic heterocycles. The lowest BCUT2D eigenvalue weighted by molar-refractivity contribution is 0.174. The van der Waals surface area contributed by atoms with Gasteiger partial charge in [0, 0.05) is 17.7 Å². The van der Waals surface area contributed by atoms with E-state index in [1.807, 2.05) is 27.3 Å². The molecular weight excluding hydrogens is 459 g/mol. The van der Waals surface area contributed by atoms with E-state index in [-0.39, 0.29) is 11.9 Å². The fourth-order valence-electron chi connectivity index (χ4n) is 3.98. The van der Waals surface area contributed by atoms with Gasteiger partial charge < -0.3 is 14.0 Å². The summed E-state index contributed by atoms with van der Waals surface area (Å²) < 4.78 is 28.7. The summed E-state index contributed by atoms with van der Waals surface area (Å²) in [6.45, 7) is 6.69. The molecule has 0 aliphatic carbocycles. The first-order chi connectivity index (χ1) is 16.5. The standard InChI is InChI=1S/C24H22ClFN6O2/c1-4-16(26)7-5-14(2)18-11-34-24(28-18)22-20-10-31-21(12-33-3)29-30-23(31)17-9-15(25)6-8-19(17)32(20)13-27-22/h4-9,13,18H,2,10-12H2,1,3H3/b7-5-,16-4+/t18-/m1/s1. The number of aliphatic imine (C=N–C) groups is 1. The van der Waals surface area contributed by atoms with Crippen molar-refractivity contribution in [3.8, 4) is 17.1 Å². The van der Waals surface area contributed by atoms with Gasteiger partial charge in [0.15, 0.2) is 11.6 Å². The number of fused-ring (bicyclic) bond motifs is 5. The van der Waals surface area contributed by atoms with E-state index in [1.165, 1.54) is 12.2 Å². The number of hydrogen-bond acceptors (Lipinski definition) is 6. The van der Waals surface area contributed by atoms with Gasteiger partial charge in [0.25, 0.3) is 0 Å². The molecule has 174 valence electrons. The minimum absolute atomic E-state index is 0.306. The molecular formula is C24H22ClFN6O2. The smallest absolute Gasteiger partial charge is 0.238 e. The summed E-state index contributed by atoms with van der Waals surface area (Å²) in [5, 5.41) is 9.32. The lowest BCUT2D eigenvalue weighted by atomic mass is 10.1. The quantitative estimate of drug-likeness (QED) is 0.382. The van der Waals surface area contributed by atoms with Crippen LogP contribution in [0.2, 0.25) is 5.02 Å². The predicted octanol–water partition coefficient (Wildman–Crippen LogP) is 4.42. The molecule has 0 bridgehead atoms. The van der Waals surface area contributed by atoms with Crippen LogP contribution in [0.3, 0.4) is 0 Å². The number of ether oxygens (including phenoxy) is 2. The average molecular weight is 481 g/mol. The monoisotopic (exact) mass is 480 g/mol. The molecule has 0 spiro atoms. The van der Waals surface area contributed by atoms with E-state index in [2.05, 4.69) is 26.8 Å². The van der Waals surface area contributed by atoms with Gasteiger partial charge in [-0.25, -0.2) is 14.4 Å². The van der Waals surface area contributed by atoms with E-state index in [4.69, 9.17) is 21.1 Å². The van der Waals surface area contributed by atoms with E-state index in [9.17, 15) is 4.39 Å². The normalized spacial score (nSPS) is 17.1. The molecule has 0 saturated carbocycles. The third-order valence-corrected chi connectivity index (χ3v) is 5.98. The molecule has 0 amide bonds. The van der Waals surface area contributed by atoms with Crippen LogP contribution < -0.4 is 0 Å². The number of nitrogens with zero attached hydrogens (tertiary/aromatic N) is 6. The summed E-state index contributed by atoms with van der Waals surface area (Å²) in [6.07, 6.45) is 6.10. The molecule has 10 heteroatoms. The predicted molar refractivity (Wildman–Crippen MR) is 127 cm³/mol. The van der Waals surface area contributed by atoms with Gasteiger partial charge in [-0.3, -0.25) is 4.57 Å². The van der Waals surface area contributed by atoms with Gasteiger partial charge in [-0.1, -0.05) is 30.3 Å². The fraction of sp³-hybridized carbons (Fsp3) is 0.250. The molecule has 2 aliphatic heterocycles. The van der Waals surface area contributed by atoms with E-state index < -0.39 is 0 Å². The summed E-state index contributed by atoms with van der Waals surface area (Å²) in [6, 6.07) is 5.30. The summed E-state index contributed by atoms with van der Waals surface area (Å²) in [7, 11) is 1.61. The fourth-order valence-corrected chi connectivity index (χ4v) is 4.15. The Kier molecular flexibility index (Phi) is 5.89. The maximum Gasteiger partial charge on any atom is 0.238 e. The van der Waals surface area contributed by atoms with Gasteiger partial charge in [0.05, 0.1) is 17.9 Å². The molecule has 0 fully saturated rings. The highest BCUT2D eigenvalue weighted by Gasteiger charge is 2.30. The Balaban J connectivity index is 1.57. The molecule has 0 unspecified atom stereocenters. The van der Waals surface area contributed by atoms with Gasteiger partial charge >= 0.3 is 0 Å². The van der Waals surface area contributed by atoms with Crippen LogP contribution >= 0.6 is 11.6 Å². The summed E-state index contributed by atoms with van der Waals surface area (Å²) in [4.78, 5) is 9.31. The summed E-state index contributed by atoms with van der Waals surface area (Å²) >= 11 is 6.31. The van der Waals surface area contributed by atoms with Crippen LogP contribution in [0.1, 0.15) is 24.1 Å². The van der Waals surface area contributed by atoms with Gasteiger partial charge in [0.1, 0.15) is 37.1 Å². The van der Waals surface area contributed by atoms with Crippen molar-refractivity contribution >= 4 is 17.5 Å². The van der Waals surface area contributed by atoms with Crippen LogP contribution in [0.25, 0.3) is 17.1 Å². The maximum atomic E-state index is 13.5. The van der Waals surface area contributed by atoms with Gasteiger partial charge in [-0.15, -0.1) is 10.2 Å². The van der Waals surface area contributed by atoms with Crippen LogP contribution in [-0.2, 0) is 22.6 Å². The molecule has 0 N–H and O–H groups in total. The van der Waals surface area contributed by atoms with Crippen molar-refractivity contribution in [1.82, 2.24) is 24.3 Å². The number of imidazole rings is 1. The highest BCUT2D eigenvalue weighted by atomic mass is 35.5. The lowest BCUT2D eigenvalue weighted by Crippen LogP contribution is -2.13. The second kappa shape index (κ2) is 9.00. The lowest BCUT2D eigenvalue weighted by Gasteiger charge is -2.09. The Morgan fingerprint density at radius 3 is 3.00 bits per heavy atom. The van der Waals surface area contributed by atoms with Crippen molar-refractivity contribution in [3.63, 3.8) is 0 Å². The molecule has 1 atom stereocenters. The van der Waals surface area contributed by atoms with E-state index in [0.29, 0.717) is 53.6 Å². The third-order valence-electron chi connectivity index (χ3n) is 5.75. The van der Waals surface area contributed by atoms with Crippen LogP contribution in [0, 0.1) is 0 Å². The van der Waals surface area contributed by atoms with Gasteiger partial charge in [-0.05, 0) is 36.8 Å². The Hall–Kier alpha value is -3.56. The topological polar surface area (TPSA) is 79.4 Å².